The van der Waals surface area contributed by atoms with Crippen molar-refractivity contribution in [3.8, 4) is 0 Å². The first-order valence-electron chi connectivity index (χ1n) is 9.84. The molecular weight excluding hydrogens is 462 g/mol. The summed E-state index contributed by atoms with van der Waals surface area (Å²) in [5.74, 6) is 1.04. The van der Waals surface area contributed by atoms with Crippen LogP contribution in [0.2, 0.25) is 5.02 Å². The van der Waals surface area contributed by atoms with Crippen molar-refractivity contribution >= 4 is 50.2 Å². The molecule has 1 atom stereocenters. The van der Waals surface area contributed by atoms with Gasteiger partial charge in [-0.3, -0.25) is 4.79 Å². The van der Waals surface area contributed by atoms with E-state index in [1.54, 1.807) is 4.90 Å². The maximum atomic E-state index is 12.9. The highest BCUT2D eigenvalue weighted by atomic mass is 79.9. The van der Waals surface area contributed by atoms with Gasteiger partial charge >= 0.3 is 0 Å². The zero-order chi connectivity index (χ0) is 20.7. The second kappa shape index (κ2) is 7.89. The number of fused-ring (bicyclic) bond motifs is 1. The van der Waals surface area contributed by atoms with Gasteiger partial charge in [0, 0.05) is 29.9 Å². The highest BCUT2D eigenvalue weighted by molar-refractivity contribution is 9.10. The fraction of sp³-hybridized carbons (Fsp3) is 0.167. The Morgan fingerprint density at radius 1 is 1.00 bits per heavy atom. The molecule has 2 heterocycles. The molecule has 0 saturated carbocycles. The molecule has 6 heteroatoms. The van der Waals surface area contributed by atoms with Crippen LogP contribution in [-0.2, 0) is 11.3 Å². The van der Waals surface area contributed by atoms with Crippen LogP contribution in [0.1, 0.15) is 23.7 Å². The monoisotopic (exact) mass is 479 g/mol. The first-order chi connectivity index (χ1) is 14.6. The summed E-state index contributed by atoms with van der Waals surface area (Å²) in [6, 6.07) is 24.0. The van der Waals surface area contributed by atoms with Crippen LogP contribution in [0.15, 0.2) is 77.3 Å². The summed E-state index contributed by atoms with van der Waals surface area (Å²) in [5, 5.41) is 0.592. The average molecular weight is 481 g/mol. The summed E-state index contributed by atoms with van der Waals surface area (Å²) in [5.41, 5.74) is 3.99. The number of aromatic nitrogens is 2. The van der Waals surface area contributed by atoms with Crippen LogP contribution >= 0.6 is 27.5 Å². The number of rotatable bonds is 4. The highest BCUT2D eigenvalue weighted by Gasteiger charge is 2.35. The summed E-state index contributed by atoms with van der Waals surface area (Å²) >= 11 is 9.86. The van der Waals surface area contributed by atoms with Gasteiger partial charge in [-0.25, -0.2) is 4.98 Å². The van der Waals surface area contributed by atoms with E-state index in [0.29, 0.717) is 24.5 Å². The lowest BCUT2D eigenvalue weighted by atomic mass is 10.1. The van der Waals surface area contributed by atoms with Gasteiger partial charge in [0.15, 0.2) is 0 Å². The summed E-state index contributed by atoms with van der Waals surface area (Å²) in [7, 11) is 0. The quantitative estimate of drug-likeness (QED) is 0.358. The zero-order valence-corrected chi connectivity index (χ0v) is 18.5. The van der Waals surface area contributed by atoms with Crippen molar-refractivity contribution in [1.29, 1.82) is 0 Å². The van der Waals surface area contributed by atoms with Crippen molar-refractivity contribution < 1.29 is 4.79 Å². The molecule has 1 saturated heterocycles. The first kappa shape index (κ1) is 19.3. The van der Waals surface area contributed by atoms with Crippen LogP contribution in [0.5, 0.6) is 0 Å². The van der Waals surface area contributed by atoms with Crippen molar-refractivity contribution in [1.82, 2.24) is 9.55 Å². The number of amides is 1. The van der Waals surface area contributed by atoms with Crippen LogP contribution in [0, 0.1) is 0 Å². The van der Waals surface area contributed by atoms with E-state index in [4.69, 9.17) is 16.6 Å². The Kier molecular flexibility index (Phi) is 5.09. The number of carbonyl (C=O) groups excluding carboxylic acids is 1. The molecule has 1 aliphatic rings. The minimum Gasteiger partial charge on any atom is -0.323 e. The number of halogens is 2. The Bertz CT molecular complexity index is 1230. The van der Waals surface area contributed by atoms with Crippen LogP contribution in [0.4, 0.5) is 5.69 Å². The molecule has 0 N–H and O–H groups in total. The maximum Gasteiger partial charge on any atom is 0.227 e. The van der Waals surface area contributed by atoms with Gasteiger partial charge in [-0.1, -0.05) is 63.9 Å². The van der Waals surface area contributed by atoms with Gasteiger partial charge in [-0.2, -0.15) is 0 Å². The molecule has 5 rings (SSSR count). The number of hydrogen-bond donors (Lipinski definition) is 0. The van der Waals surface area contributed by atoms with Gasteiger partial charge < -0.3 is 9.47 Å². The molecule has 1 fully saturated rings. The Hall–Kier alpha value is -2.63. The van der Waals surface area contributed by atoms with E-state index in [0.717, 1.165) is 27.0 Å². The topological polar surface area (TPSA) is 38.1 Å². The van der Waals surface area contributed by atoms with Crippen molar-refractivity contribution in [2.24, 2.45) is 0 Å². The predicted molar refractivity (Wildman–Crippen MR) is 124 cm³/mol. The van der Waals surface area contributed by atoms with Gasteiger partial charge in [0.05, 0.1) is 21.7 Å². The van der Waals surface area contributed by atoms with Gasteiger partial charge in [0.1, 0.15) is 5.82 Å². The van der Waals surface area contributed by atoms with Crippen molar-refractivity contribution in [2.75, 3.05) is 11.4 Å². The second-order valence-corrected chi connectivity index (χ2v) is 8.85. The largest absolute Gasteiger partial charge is 0.323 e. The Morgan fingerprint density at radius 3 is 2.53 bits per heavy atom. The smallest absolute Gasteiger partial charge is 0.227 e. The highest BCUT2D eigenvalue weighted by Crippen LogP contribution is 2.36. The molecule has 0 bridgehead atoms. The van der Waals surface area contributed by atoms with E-state index in [1.165, 1.54) is 5.56 Å². The van der Waals surface area contributed by atoms with E-state index in [1.807, 2.05) is 54.6 Å². The normalized spacial score (nSPS) is 16.5. The van der Waals surface area contributed by atoms with Gasteiger partial charge in [-0.05, 0) is 42.0 Å². The number of hydrogen-bond acceptors (Lipinski definition) is 2. The third kappa shape index (κ3) is 3.53. The van der Waals surface area contributed by atoms with Crippen LogP contribution in [0.3, 0.4) is 0 Å². The summed E-state index contributed by atoms with van der Waals surface area (Å²) in [6.07, 6.45) is 0.425. The Labute approximate surface area is 188 Å². The number of nitrogens with zero attached hydrogens (tertiary/aromatic N) is 3. The molecule has 1 amide bonds. The number of carbonyl (C=O) groups is 1. The van der Waals surface area contributed by atoms with Crippen LogP contribution in [0.25, 0.3) is 11.0 Å². The SMILES string of the molecule is O=C1CC(c2nc3ccccc3n2Cc2ccc(Br)cc2)CN1c1ccccc1Cl. The van der Waals surface area contributed by atoms with Crippen molar-refractivity contribution in [2.45, 2.75) is 18.9 Å². The summed E-state index contributed by atoms with van der Waals surface area (Å²) in [6.45, 7) is 1.28. The Balaban J connectivity index is 1.53. The fourth-order valence-corrected chi connectivity index (χ4v) is 4.63. The van der Waals surface area contributed by atoms with E-state index < -0.39 is 0 Å². The molecule has 1 aromatic heterocycles. The number of anilines is 1. The third-order valence-electron chi connectivity index (χ3n) is 5.57. The minimum atomic E-state index is 0.0108. The van der Waals surface area contributed by atoms with Crippen LogP contribution in [-0.4, -0.2) is 22.0 Å². The van der Waals surface area contributed by atoms with Gasteiger partial charge in [0.2, 0.25) is 5.91 Å². The standard InChI is InChI=1S/C24H19BrClN3O/c25-18-11-9-16(10-12-18)14-29-22-8-4-2-6-20(22)27-24(29)17-13-23(30)28(15-17)21-7-3-1-5-19(21)26/h1-12,17H,13-15H2. The van der Waals surface area contributed by atoms with E-state index in [-0.39, 0.29) is 11.8 Å². The summed E-state index contributed by atoms with van der Waals surface area (Å²) < 4.78 is 3.30. The Morgan fingerprint density at radius 2 is 1.73 bits per heavy atom. The number of para-hydroxylation sites is 3. The lowest BCUT2D eigenvalue weighted by Crippen LogP contribution is -2.24. The molecule has 3 aromatic carbocycles. The third-order valence-corrected chi connectivity index (χ3v) is 6.42. The van der Waals surface area contributed by atoms with E-state index >= 15 is 0 Å². The lowest BCUT2D eigenvalue weighted by molar-refractivity contribution is -0.117. The molecule has 30 heavy (non-hydrogen) atoms. The van der Waals surface area contributed by atoms with Gasteiger partial charge in [0.25, 0.3) is 0 Å². The van der Waals surface area contributed by atoms with E-state index in [9.17, 15) is 4.79 Å². The molecule has 1 aliphatic heterocycles. The second-order valence-electron chi connectivity index (χ2n) is 7.53. The lowest BCUT2D eigenvalue weighted by Gasteiger charge is -2.18. The average Bonchev–Trinajstić information content (AvgIpc) is 3.31. The van der Waals surface area contributed by atoms with Crippen molar-refractivity contribution in [3.63, 3.8) is 0 Å². The first-order valence-corrected chi connectivity index (χ1v) is 11.0. The van der Waals surface area contributed by atoms with Crippen molar-refractivity contribution in [3.05, 3.63) is 93.7 Å². The number of benzene rings is 3. The van der Waals surface area contributed by atoms with Gasteiger partial charge in [-0.15, -0.1) is 0 Å². The maximum absolute atomic E-state index is 12.9. The fourth-order valence-electron chi connectivity index (χ4n) is 4.13. The molecular formula is C24H19BrClN3O. The molecule has 0 aliphatic carbocycles. The molecule has 1 unspecified atom stereocenters. The minimum absolute atomic E-state index is 0.0108. The predicted octanol–water partition coefficient (Wildman–Crippen LogP) is 6.02. The summed E-state index contributed by atoms with van der Waals surface area (Å²) in [4.78, 5) is 19.6. The van der Waals surface area contributed by atoms with Crippen LogP contribution < -0.4 is 4.90 Å². The van der Waals surface area contributed by atoms with E-state index in [2.05, 4.69) is 38.7 Å². The molecule has 0 spiro atoms. The number of imidazole rings is 1. The molecule has 150 valence electrons. The zero-order valence-electron chi connectivity index (χ0n) is 16.1. The molecule has 0 radical (unpaired) electrons. The molecule has 4 aromatic rings. The molecule has 4 nitrogen and oxygen atoms in total.